The second-order valence-corrected chi connectivity index (χ2v) is 4.19. The molecule has 4 nitrogen and oxygen atoms in total. The van der Waals surface area contributed by atoms with Gasteiger partial charge in [0.1, 0.15) is 0 Å². The lowest BCUT2D eigenvalue weighted by Gasteiger charge is -1.82. The minimum absolute atomic E-state index is 0.0237. The molecule has 0 aliphatic rings. The maximum Gasteiger partial charge on any atom is 0.324 e. The van der Waals surface area contributed by atoms with Crippen molar-refractivity contribution in [1.29, 1.82) is 0 Å². The van der Waals surface area contributed by atoms with Gasteiger partial charge in [0.25, 0.3) is 0 Å². The summed E-state index contributed by atoms with van der Waals surface area (Å²) in [6.45, 7) is 0. The summed E-state index contributed by atoms with van der Waals surface area (Å²) in [6.07, 6.45) is 0.366. The molecule has 11 heavy (non-hydrogen) atoms. The van der Waals surface area contributed by atoms with Crippen LogP contribution in [-0.4, -0.2) is 22.6 Å². The molecular formula is C3H4F2O4S2. The molecule has 0 aromatic heterocycles. The van der Waals surface area contributed by atoms with E-state index in [9.17, 15) is 24.6 Å². The highest BCUT2D eigenvalue weighted by molar-refractivity contribution is 7.89. The molecule has 0 rings (SSSR count). The minimum atomic E-state index is -4.86. The minimum Gasteiger partial charge on any atom is -0.195 e. The van der Waals surface area contributed by atoms with E-state index in [-0.39, 0.29) is 5.41 Å². The summed E-state index contributed by atoms with van der Waals surface area (Å²) >= 11 is 0. The first-order chi connectivity index (χ1) is 4.71. The molecule has 0 aromatic rings. The molecule has 0 aromatic carbocycles. The highest BCUT2D eigenvalue weighted by atomic mass is 32.3. The molecule has 0 radical (unpaired) electrons. The van der Waals surface area contributed by atoms with Crippen molar-refractivity contribution in [1.82, 2.24) is 0 Å². The van der Waals surface area contributed by atoms with Crippen LogP contribution in [0.1, 0.15) is 0 Å². The Morgan fingerprint density at radius 3 is 1.82 bits per heavy atom. The predicted octanol–water partition coefficient (Wildman–Crippen LogP) is 0.0987. The second-order valence-electron chi connectivity index (χ2n) is 1.55. The SMILES string of the molecule is O=S(=O)(F)/C=C/CS(=O)(=O)F. The van der Waals surface area contributed by atoms with Crippen molar-refractivity contribution in [2.45, 2.75) is 0 Å². The first kappa shape index (κ1) is 10.5. The molecule has 0 atom stereocenters. The third-order valence-corrected chi connectivity index (χ3v) is 1.66. The fraction of sp³-hybridized carbons (Fsp3) is 0.333. The average Bonchev–Trinajstić information content (AvgIpc) is 1.55. The van der Waals surface area contributed by atoms with E-state index in [2.05, 4.69) is 0 Å². The zero-order valence-electron chi connectivity index (χ0n) is 5.07. The van der Waals surface area contributed by atoms with Crippen LogP contribution in [0.3, 0.4) is 0 Å². The fourth-order valence-electron chi connectivity index (χ4n) is 0.269. The molecule has 0 aliphatic heterocycles. The Bertz CT molecular complexity index is 338. The van der Waals surface area contributed by atoms with Crippen molar-refractivity contribution < 1.29 is 24.6 Å². The third-order valence-electron chi connectivity index (χ3n) is 0.554. The van der Waals surface area contributed by atoms with Gasteiger partial charge >= 0.3 is 20.4 Å². The van der Waals surface area contributed by atoms with Crippen molar-refractivity contribution in [2.75, 3.05) is 5.75 Å². The number of hydrogen-bond donors (Lipinski definition) is 0. The van der Waals surface area contributed by atoms with Crippen LogP contribution in [-0.2, 0) is 20.4 Å². The maximum absolute atomic E-state index is 11.6. The second kappa shape index (κ2) is 3.26. The molecule has 66 valence electrons. The van der Waals surface area contributed by atoms with E-state index in [4.69, 9.17) is 0 Å². The van der Waals surface area contributed by atoms with Crippen LogP contribution < -0.4 is 0 Å². The predicted molar refractivity (Wildman–Crippen MR) is 34.1 cm³/mol. The van der Waals surface area contributed by atoms with E-state index >= 15 is 0 Å². The van der Waals surface area contributed by atoms with Crippen LogP contribution in [0.15, 0.2) is 11.5 Å². The van der Waals surface area contributed by atoms with Crippen LogP contribution >= 0.6 is 0 Å². The molecule has 8 heteroatoms. The summed E-state index contributed by atoms with van der Waals surface area (Å²) in [5, 5.41) is -0.0237. The standard InChI is InChI=1S/C3H4F2O4S2/c4-10(6,7)2-1-3-11(5,8)9/h1-2H,3H2/b2-1+. The fourth-order valence-corrected chi connectivity index (χ4v) is 1.04. The first-order valence-electron chi connectivity index (χ1n) is 2.24. The van der Waals surface area contributed by atoms with E-state index in [1.807, 2.05) is 0 Å². The maximum atomic E-state index is 11.6. The lowest BCUT2D eigenvalue weighted by Crippen LogP contribution is -1.94. The van der Waals surface area contributed by atoms with Crippen molar-refractivity contribution in [3.63, 3.8) is 0 Å². The zero-order valence-corrected chi connectivity index (χ0v) is 6.70. The summed E-state index contributed by atoms with van der Waals surface area (Å²) in [5.41, 5.74) is 0. The highest BCUT2D eigenvalue weighted by Crippen LogP contribution is 1.96. The zero-order chi connectivity index (χ0) is 9.12. The Labute approximate surface area is 63.0 Å². The van der Waals surface area contributed by atoms with Crippen LogP contribution in [0.5, 0.6) is 0 Å². The van der Waals surface area contributed by atoms with Crippen molar-refractivity contribution in [3.05, 3.63) is 11.5 Å². The number of rotatable bonds is 3. The van der Waals surface area contributed by atoms with Gasteiger partial charge in [-0.15, -0.1) is 7.77 Å². The van der Waals surface area contributed by atoms with Gasteiger partial charge in [-0.3, -0.25) is 0 Å². The summed E-state index contributed by atoms with van der Waals surface area (Å²) in [4.78, 5) is 0. The molecule has 0 heterocycles. The van der Waals surface area contributed by atoms with Gasteiger partial charge in [-0.2, -0.15) is 16.8 Å². The molecule has 0 aliphatic carbocycles. The smallest absolute Gasteiger partial charge is 0.195 e. The molecular weight excluding hydrogens is 202 g/mol. The number of hydrogen-bond acceptors (Lipinski definition) is 4. The Morgan fingerprint density at radius 2 is 1.55 bits per heavy atom. The van der Waals surface area contributed by atoms with Gasteiger partial charge in [-0.05, 0) is 0 Å². The molecule has 0 spiro atoms. The van der Waals surface area contributed by atoms with Gasteiger partial charge in [-0.25, -0.2) is 0 Å². The van der Waals surface area contributed by atoms with Crippen LogP contribution in [0.25, 0.3) is 0 Å². The molecule has 0 amide bonds. The Morgan fingerprint density at radius 1 is 1.09 bits per heavy atom. The Balaban J connectivity index is 4.23. The molecule has 0 unspecified atom stereocenters. The first-order valence-corrected chi connectivity index (χ1v) is 5.24. The summed E-state index contributed by atoms with van der Waals surface area (Å²) < 4.78 is 61.8. The summed E-state index contributed by atoms with van der Waals surface area (Å²) in [7, 11) is -9.62. The average molecular weight is 206 g/mol. The van der Waals surface area contributed by atoms with E-state index in [0.29, 0.717) is 6.08 Å². The molecule has 0 bridgehead atoms. The third kappa shape index (κ3) is 9.50. The van der Waals surface area contributed by atoms with Crippen LogP contribution in [0.4, 0.5) is 7.77 Å². The largest absolute Gasteiger partial charge is 0.324 e. The molecule has 0 fully saturated rings. The van der Waals surface area contributed by atoms with E-state index in [0.717, 1.165) is 0 Å². The van der Waals surface area contributed by atoms with E-state index < -0.39 is 26.2 Å². The Hall–Kier alpha value is -0.500. The van der Waals surface area contributed by atoms with E-state index in [1.54, 1.807) is 0 Å². The quantitative estimate of drug-likeness (QED) is 0.614. The van der Waals surface area contributed by atoms with Gasteiger partial charge in [-0.1, -0.05) is 6.08 Å². The normalized spacial score (nSPS) is 14.0. The topological polar surface area (TPSA) is 68.3 Å². The highest BCUT2D eigenvalue weighted by Gasteiger charge is 2.04. The van der Waals surface area contributed by atoms with E-state index in [1.165, 1.54) is 0 Å². The van der Waals surface area contributed by atoms with Crippen molar-refractivity contribution in [2.24, 2.45) is 0 Å². The van der Waals surface area contributed by atoms with Gasteiger partial charge < -0.3 is 0 Å². The van der Waals surface area contributed by atoms with Crippen LogP contribution in [0.2, 0.25) is 0 Å². The van der Waals surface area contributed by atoms with Crippen LogP contribution in [0, 0.1) is 0 Å². The van der Waals surface area contributed by atoms with Gasteiger partial charge in [0.2, 0.25) is 0 Å². The molecule has 0 N–H and O–H groups in total. The van der Waals surface area contributed by atoms with Gasteiger partial charge in [0, 0.05) is 0 Å². The van der Waals surface area contributed by atoms with Gasteiger partial charge in [0.15, 0.2) is 0 Å². The summed E-state index contributed by atoms with van der Waals surface area (Å²) in [6, 6.07) is 0. The number of halogens is 2. The Kier molecular flexibility index (Phi) is 3.12. The van der Waals surface area contributed by atoms with Crippen molar-refractivity contribution >= 4 is 20.4 Å². The van der Waals surface area contributed by atoms with Gasteiger partial charge in [0.05, 0.1) is 11.2 Å². The lowest BCUT2D eigenvalue weighted by atomic mass is 10.8. The molecule has 0 saturated carbocycles. The monoisotopic (exact) mass is 206 g/mol. The van der Waals surface area contributed by atoms with Crippen molar-refractivity contribution in [3.8, 4) is 0 Å². The summed E-state index contributed by atoms with van der Waals surface area (Å²) in [5.74, 6) is -1.14. The lowest BCUT2D eigenvalue weighted by molar-refractivity contribution is 0.555. The molecule has 0 saturated heterocycles.